The van der Waals surface area contributed by atoms with Gasteiger partial charge in [0.1, 0.15) is 0 Å². The summed E-state index contributed by atoms with van der Waals surface area (Å²) in [7, 11) is -4.37. The van der Waals surface area contributed by atoms with Crippen LogP contribution in [0.15, 0.2) is 29.2 Å². The fourth-order valence-electron chi connectivity index (χ4n) is 1.79. The van der Waals surface area contributed by atoms with Gasteiger partial charge >= 0.3 is 0 Å². The molecule has 0 aliphatic heterocycles. The first kappa shape index (κ1) is 20.8. The van der Waals surface area contributed by atoms with E-state index in [1.54, 1.807) is 51.3 Å². The third kappa shape index (κ3) is 6.70. The predicted octanol–water partition coefficient (Wildman–Crippen LogP) is 2.25. The molecule has 1 unspecified atom stereocenters. The fraction of sp³-hybridized carbons (Fsp3) is 0.562. The largest absolute Gasteiger partial charge is 0.326 e. The molecule has 0 saturated heterocycles. The second-order valence-electron chi connectivity index (χ2n) is 6.49. The molecule has 0 aliphatic rings. The van der Waals surface area contributed by atoms with Crippen LogP contribution in [0.3, 0.4) is 0 Å². The van der Waals surface area contributed by atoms with E-state index in [2.05, 4.69) is 10.0 Å². The lowest BCUT2D eigenvalue weighted by Gasteiger charge is -2.19. The number of carbonyl (C=O) groups excluding carboxylic acids is 1. The number of hydrogen-bond acceptors (Lipinski definition) is 4. The summed E-state index contributed by atoms with van der Waals surface area (Å²) in [5, 5.41) is 2.76. The van der Waals surface area contributed by atoms with Crippen molar-refractivity contribution in [2.75, 3.05) is 18.1 Å². The van der Waals surface area contributed by atoms with Gasteiger partial charge in [-0.15, -0.1) is 0 Å². The van der Waals surface area contributed by atoms with Crippen LogP contribution in [0.1, 0.15) is 40.0 Å². The van der Waals surface area contributed by atoms with Crippen molar-refractivity contribution < 1.29 is 17.4 Å². The van der Waals surface area contributed by atoms with Crippen molar-refractivity contribution in [3.63, 3.8) is 0 Å². The fourth-order valence-corrected chi connectivity index (χ4v) is 3.15. The molecule has 8 heteroatoms. The number of nitrogens with one attached hydrogen (secondary N) is 2. The van der Waals surface area contributed by atoms with E-state index < -0.39 is 25.6 Å². The molecular formula is C16H26N2O4S2. The molecule has 6 nitrogen and oxygen atoms in total. The molecule has 0 spiro atoms. The Morgan fingerprint density at radius 3 is 2.21 bits per heavy atom. The van der Waals surface area contributed by atoms with Crippen molar-refractivity contribution in [2.45, 2.75) is 49.7 Å². The van der Waals surface area contributed by atoms with Crippen LogP contribution >= 0.6 is 0 Å². The van der Waals surface area contributed by atoms with Gasteiger partial charge in [-0.05, 0) is 57.9 Å². The highest BCUT2D eigenvalue weighted by Gasteiger charge is 2.27. The normalized spacial score (nSPS) is 13.5. The Hall–Kier alpha value is -1.25. The lowest BCUT2D eigenvalue weighted by molar-refractivity contribution is -0.116. The molecule has 136 valence electrons. The van der Waals surface area contributed by atoms with E-state index in [9.17, 15) is 17.4 Å². The first-order chi connectivity index (χ1) is 11.0. The molecule has 0 fully saturated rings. The quantitative estimate of drug-likeness (QED) is 0.683. The first-order valence-electron chi connectivity index (χ1n) is 7.75. The van der Waals surface area contributed by atoms with E-state index >= 15 is 0 Å². The predicted molar refractivity (Wildman–Crippen MR) is 97.9 cm³/mol. The van der Waals surface area contributed by atoms with Crippen molar-refractivity contribution in [1.29, 1.82) is 0 Å². The molecule has 0 saturated carbocycles. The van der Waals surface area contributed by atoms with Gasteiger partial charge in [0, 0.05) is 40.6 Å². The summed E-state index contributed by atoms with van der Waals surface area (Å²) < 4.78 is 36.7. The van der Waals surface area contributed by atoms with Crippen LogP contribution in [0.2, 0.25) is 0 Å². The monoisotopic (exact) mass is 374 g/mol. The zero-order valence-electron chi connectivity index (χ0n) is 14.6. The molecular weight excluding hydrogens is 348 g/mol. The highest BCUT2D eigenvalue weighted by molar-refractivity contribution is 7.90. The molecule has 1 rings (SSSR count). The molecule has 1 amide bonds. The summed E-state index contributed by atoms with van der Waals surface area (Å²) in [6, 6.07) is 6.86. The van der Waals surface area contributed by atoms with Crippen LogP contribution in [0.5, 0.6) is 0 Å². The van der Waals surface area contributed by atoms with Gasteiger partial charge in [-0.1, -0.05) is 0 Å². The third-order valence-electron chi connectivity index (χ3n) is 3.40. The van der Waals surface area contributed by atoms with Gasteiger partial charge in [0.25, 0.3) is 0 Å². The van der Waals surface area contributed by atoms with Crippen molar-refractivity contribution in [3.8, 4) is 0 Å². The molecule has 1 aromatic rings. The number of rotatable bonds is 8. The Bertz CT molecular complexity index is 677. The average molecular weight is 375 g/mol. The minimum atomic E-state index is -3.33. The highest BCUT2D eigenvalue weighted by atomic mass is 32.2. The number of anilines is 1. The van der Waals surface area contributed by atoms with E-state index in [4.69, 9.17) is 0 Å². The number of hydrogen-bond donors (Lipinski definition) is 2. The summed E-state index contributed by atoms with van der Waals surface area (Å²) >= 11 is 0. The molecule has 24 heavy (non-hydrogen) atoms. The van der Waals surface area contributed by atoms with Gasteiger partial charge in [0.15, 0.2) is 0 Å². The van der Waals surface area contributed by atoms with Gasteiger partial charge in [-0.2, -0.15) is 0 Å². The van der Waals surface area contributed by atoms with Gasteiger partial charge in [0.05, 0.1) is 4.75 Å². The topological polar surface area (TPSA) is 92.3 Å². The molecule has 0 aromatic heterocycles. The Kier molecular flexibility index (Phi) is 7.56. The zero-order valence-corrected chi connectivity index (χ0v) is 16.2. The standard InChI is InChI=1S/C16H26N2O4S2/c1-16(2,3)24(21,22)17-12-6-5-7-15(19)18-13-8-10-14(11-9-13)23(4)20/h8-11,17H,5-7,12H2,1-4H3,(H,18,19). The van der Waals surface area contributed by atoms with Crippen molar-refractivity contribution >= 4 is 32.4 Å². The SMILES string of the molecule is CS(=O)c1ccc(NC(=O)CCCCNS(=O)(=O)C(C)(C)C)cc1. The molecule has 1 aromatic carbocycles. The van der Waals surface area contributed by atoms with E-state index in [-0.39, 0.29) is 5.91 Å². The summed E-state index contributed by atoms with van der Waals surface area (Å²) in [6.45, 7) is 5.25. The van der Waals surface area contributed by atoms with E-state index in [1.807, 2.05) is 0 Å². The zero-order chi connectivity index (χ0) is 18.4. The molecule has 0 aliphatic carbocycles. The van der Waals surface area contributed by atoms with Crippen molar-refractivity contribution in [1.82, 2.24) is 4.72 Å². The van der Waals surface area contributed by atoms with Gasteiger partial charge < -0.3 is 5.32 Å². The Morgan fingerprint density at radius 2 is 1.71 bits per heavy atom. The number of benzene rings is 1. The van der Waals surface area contributed by atoms with Crippen LogP contribution in [0, 0.1) is 0 Å². The third-order valence-corrected chi connectivity index (χ3v) is 6.53. The maximum Gasteiger partial charge on any atom is 0.224 e. The summed E-state index contributed by atoms with van der Waals surface area (Å²) in [5.41, 5.74) is 0.655. The van der Waals surface area contributed by atoms with Crippen LogP contribution < -0.4 is 10.0 Å². The van der Waals surface area contributed by atoms with E-state index in [0.717, 1.165) is 0 Å². The van der Waals surface area contributed by atoms with Crippen LogP contribution in [-0.2, 0) is 25.6 Å². The number of carbonyl (C=O) groups is 1. The Morgan fingerprint density at radius 1 is 1.12 bits per heavy atom. The molecule has 2 N–H and O–H groups in total. The van der Waals surface area contributed by atoms with Gasteiger partial charge in [-0.25, -0.2) is 13.1 Å². The molecule has 0 radical (unpaired) electrons. The second kappa shape index (κ2) is 8.73. The molecule has 0 bridgehead atoms. The number of sulfonamides is 1. The van der Waals surface area contributed by atoms with Crippen molar-refractivity contribution in [2.24, 2.45) is 0 Å². The smallest absolute Gasteiger partial charge is 0.224 e. The second-order valence-corrected chi connectivity index (χ2v) is 10.4. The van der Waals surface area contributed by atoms with Crippen LogP contribution in [-0.4, -0.2) is 36.1 Å². The van der Waals surface area contributed by atoms with Crippen LogP contribution in [0.4, 0.5) is 5.69 Å². The van der Waals surface area contributed by atoms with Crippen molar-refractivity contribution in [3.05, 3.63) is 24.3 Å². The number of unbranched alkanes of at least 4 members (excludes halogenated alkanes) is 1. The molecule has 1 atom stereocenters. The lowest BCUT2D eigenvalue weighted by atomic mass is 10.2. The molecule has 0 heterocycles. The van der Waals surface area contributed by atoms with Gasteiger partial charge in [-0.3, -0.25) is 9.00 Å². The summed E-state index contributed by atoms with van der Waals surface area (Å²) in [4.78, 5) is 12.5. The van der Waals surface area contributed by atoms with E-state index in [1.165, 1.54) is 0 Å². The average Bonchev–Trinajstić information content (AvgIpc) is 2.46. The first-order valence-corrected chi connectivity index (χ1v) is 10.8. The highest BCUT2D eigenvalue weighted by Crippen LogP contribution is 2.14. The lowest BCUT2D eigenvalue weighted by Crippen LogP contribution is -2.39. The Balaban J connectivity index is 2.31. The maximum atomic E-state index is 11.9. The maximum absolute atomic E-state index is 11.9. The van der Waals surface area contributed by atoms with Crippen LogP contribution in [0.25, 0.3) is 0 Å². The number of amides is 1. The van der Waals surface area contributed by atoms with E-state index in [0.29, 0.717) is 36.4 Å². The minimum absolute atomic E-state index is 0.126. The summed E-state index contributed by atoms with van der Waals surface area (Å²) in [6.07, 6.45) is 3.10. The summed E-state index contributed by atoms with van der Waals surface area (Å²) in [5.74, 6) is -0.126. The Labute approximate surface area is 146 Å². The van der Waals surface area contributed by atoms with Gasteiger partial charge in [0.2, 0.25) is 15.9 Å². The minimum Gasteiger partial charge on any atom is -0.326 e.